The van der Waals surface area contributed by atoms with Crippen molar-refractivity contribution in [2.45, 2.75) is 50.9 Å². The van der Waals surface area contributed by atoms with Gasteiger partial charge in [-0.15, -0.1) is 0 Å². The first kappa shape index (κ1) is 23.7. The third kappa shape index (κ3) is 4.61. The van der Waals surface area contributed by atoms with E-state index in [1.54, 1.807) is 4.90 Å². The Bertz CT molecular complexity index is 1090. The number of amides is 2. The summed E-state index contributed by atoms with van der Waals surface area (Å²) in [6.07, 6.45) is 2.85. The van der Waals surface area contributed by atoms with E-state index < -0.39 is 0 Å². The fourth-order valence-corrected chi connectivity index (χ4v) is 5.44. The van der Waals surface area contributed by atoms with Crippen molar-refractivity contribution in [2.75, 3.05) is 38.0 Å². The van der Waals surface area contributed by atoms with Gasteiger partial charge in [0, 0.05) is 43.8 Å². The molecule has 7 nitrogen and oxygen atoms in total. The van der Waals surface area contributed by atoms with Crippen molar-refractivity contribution in [1.29, 1.82) is 0 Å². The first-order valence-electron chi connectivity index (χ1n) is 12.7. The van der Waals surface area contributed by atoms with Gasteiger partial charge >= 0.3 is 0 Å². The van der Waals surface area contributed by atoms with Crippen LogP contribution < -0.4 is 19.7 Å². The van der Waals surface area contributed by atoms with E-state index in [0.29, 0.717) is 32.2 Å². The lowest BCUT2D eigenvalue weighted by atomic mass is 9.74. The average Bonchev–Trinajstić information content (AvgIpc) is 3.53. The molecule has 2 aromatic carbocycles. The fourth-order valence-electron chi connectivity index (χ4n) is 5.44. The highest BCUT2D eigenvalue weighted by Crippen LogP contribution is 2.41. The van der Waals surface area contributed by atoms with Crippen LogP contribution in [0, 0.1) is 5.92 Å². The van der Waals surface area contributed by atoms with Gasteiger partial charge in [-0.2, -0.15) is 0 Å². The molecule has 3 heterocycles. The molecule has 2 amide bonds. The van der Waals surface area contributed by atoms with E-state index in [4.69, 9.17) is 14.2 Å². The minimum Gasteiger partial charge on any atom is -0.454 e. The number of rotatable bonds is 7. The normalized spacial score (nSPS) is 21.7. The molecule has 0 spiro atoms. The number of hydrogen-bond donors (Lipinski definition) is 1. The van der Waals surface area contributed by atoms with E-state index in [0.717, 1.165) is 47.6 Å². The molecule has 5 rings (SSSR count). The summed E-state index contributed by atoms with van der Waals surface area (Å²) in [5, 5.41) is 3.20. The van der Waals surface area contributed by atoms with Crippen LogP contribution in [0.3, 0.4) is 0 Å². The number of nitrogens with one attached hydrogen (secondary N) is 1. The minimum atomic E-state index is -0.360. The largest absolute Gasteiger partial charge is 0.454 e. The lowest BCUT2D eigenvalue weighted by Gasteiger charge is -2.38. The topological polar surface area (TPSA) is 77.1 Å². The fraction of sp³-hybridized carbons (Fsp3) is 0.500. The summed E-state index contributed by atoms with van der Waals surface area (Å²) in [7, 11) is 0. The third-order valence-corrected chi connectivity index (χ3v) is 7.90. The van der Waals surface area contributed by atoms with Crippen molar-refractivity contribution in [3.8, 4) is 11.5 Å². The highest BCUT2D eigenvalue weighted by molar-refractivity contribution is 6.00. The summed E-state index contributed by atoms with van der Waals surface area (Å²) in [5.74, 6) is 1.44. The molecule has 0 bridgehead atoms. The van der Waals surface area contributed by atoms with E-state index in [2.05, 4.69) is 31.3 Å². The van der Waals surface area contributed by atoms with Crippen molar-refractivity contribution in [1.82, 2.24) is 5.32 Å². The Morgan fingerprint density at radius 1 is 1.14 bits per heavy atom. The molecular formula is C28H34N2O5. The van der Waals surface area contributed by atoms with E-state index in [1.165, 1.54) is 0 Å². The maximum Gasteiger partial charge on any atom is 0.231 e. The van der Waals surface area contributed by atoms with Crippen LogP contribution in [0.25, 0.3) is 0 Å². The quantitative estimate of drug-likeness (QED) is 0.647. The van der Waals surface area contributed by atoms with E-state index in [-0.39, 0.29) is 36.4 Å². The molecule has 2 fully saturated rings. The number of carbonyl (C=O) groups is 2. The Labute approximate surface area is 206 Å². The molecule has 3 aliphatic rings. The Morgan fingerprint density at radius 2 is 1.91 bits per heavy atom. The first-order chi connectivity index (χ1) is 17.0. The molecule has 0 saturated carbocycles. The second-order valence-electron chi connectivity index (χ2n) is 9.95. The van der Waals surface area contributed by atoms with Gasteiger partial charge < -0.3 is 24.4 Å². The zero-order valence-electron chi connectivity index (χ0n) is 20.5. The highest BCUT2D eigenvalue weighted by atomic mass is 16.7. The van der Waals surface area contributed by atoms with Crippen molar-refractivity contribution in [3.05, 3.63) is 53.6 Å². The van der Waals surface area contributed by atoms with E-state index in [1.807, 2.05) is 30.3 Å². The van der Waals surface area contributed by atoms with E-state index in [9.17, 15) is 9.59 Å². The number of ether oxygens (including phenoxy) is 3. The zero-order valence-corrected chi connectivity index (χ0v) is 20.5. The number of hydrogen-bond acceptors (Lipinski definition) is 5. The molecule has 186 valence electrons. The lowest BCUT2D eigenvalue weighted by Crippen LogP contribution is -2.46. The smallest absolute Gasteiger partial charge is 0.231 e. The zero-order chi connectivity index (χ0) is 24.4. The Kier molecular flexibility index (Phi) is 6.69. The standard InChI is InChI=1S/C28H34N2O5/c1-3-19(2)22-6-4-5-7-23(22)30-16-20(14-26(30)31)27(32)29-17-28(10-12-33-13-11-28)21-8-9-24-25(15-21)35-18-34-24/h4-9,15,19-20H,3,10-14,16-18H2,1-2H3,(H,29,32). The van der Waals surface area contributed by atoms with Gasteiger partial charge in [0.15, 0.2) is 11.5 Å². The van der Waals surface area contributed by atoms with E-state index >= 15 is 0 Å². The summed E-state index contributed by atoms with van der Waals surface area (Å²) in [6, 6.07) is 14.1. The van der Waals surface area contributed by atoms with Crippen LogP contribution in [-0.4, -0.2) is 44.9 Å². The number of nitrogens with zero attached hydrogens (tertiary/aromatic N) is 1. The lowest BCUT2D eigenvalue weighted by molar-refractivity contribution is -0.126. The molecule has 2 atom stereocenters. The summed E-state index contributed by atoms with van der Waals surface area (Å²) in [5.41, 5.74) is 2.98. The van der Waals surface area contributed by atoms with Gasteiger partial charge in [-0.3, -0.25) is 9.59 Å². The maximum atomic E-state index is 13.3. The first-order valence-corrected chi connectivity index (χ1v) is 12.7. The van der Waals surface area contributed by atoms with Crippen molar-refractivity contribution in [3.63, 3.8) is 0 Å². The molecule has 0 aliphatic carbocycles. The van der Waals surface area contributed by atoms with Crippen molar-refractivity contribution >= 4 is 17.5 Å². The Balaban J connectivity index is 1.29. The molecule has 0 radical (unpaired) electrons. The molecule has 3 aliphatic heterocycles. The third-order valence-electron chi connectivity index (χ3n) is 7.90. The number of carbonyl (C=O) groups excluding carboxylic acids is 2. The monoisotopic (exact) mass is 478 g/mol. The van der Waals surface area contributed by atoms with Crippen LogP contribution in [0.4, 0.5) is 5.69 Å². The van der Waals surface area contributed by atoms with Crippen molar-refractivity contribution < 1.29 is 23.8 Å². The molecule has 2 saturated heterocycles. The van der Waals surface area contributed by atoms with Crippen LogP contribution in [0.15, 0.2) is 42.5 Å². The predicted molar refractivity (Wildman–Crippen MR) is 133 cm³/mol. The van der Waals surface area contributed by atoms with Gasteiger partial charge in [-0.05, 0) is 54.5 Å². The SMILES string of the molecule is CCC(C)c1ccccc1N1CC(C(=O)NCC2(c3ccc4c(c3)OCO4)CCOCC2)CC1=O. The molecule has 1 N–H and O–H groups in total. The minimum absolute atomic E-state index is 0.0115. The molecular weight excluding hydrogens is 444 g/mol. The Morgan fingerprint density at radius 3 is 2.71 bits per heavy atom. The van der Waals surface area contributed by atoms with Gasteiger partial charge in [0.2, 0.25) is 18.6 Å². The van der Waals surface area contributed by atoms with Gasteiger partial charge in [-0.25, -0.2) is 0 Å². The number of fused-ring (bicyclic) bond motifs is 1. The summed E-state index contributed by atoms with van der Waals surface area (Å²) < 4.78 is 16.7. The number of benzene rings is 2. The van der Waals surface area contributed by atoms with Crippen LogP contribution in [-0.2, 0) is 19.7 Å². The number of para-hydroxylation sites is 1. The summed E-state index contributed by atoms with van der Waals surface area (Å²) in [4.78, 5) is 28.0. The highest BCUT2D eigenvalue weighted by Gasteiger charge is 2.39. The molecule has 2 unspecified atom stereocenters. The molecule has 2 aromatic rings. The second kappa shape index (κ2) is 9.90. The van der Waals surface area contributed by atoms with Crippen LogP contribution in [0.5, 0.6) is 11.5 Å². The molecule has 7 heteroatoms. The van der Waals surface area contributed by atoms with Crippen molar-refractivity contribution in [2.24, 2.45) is 5.92 Å². The van der Waals surface area contributed by atoms with Crippen LogP contribution in [0.2, 0.25) is 0 Å². The molecule has 0 aromatic heterocycles. The number of anilines is 1. The summed E-state index contributed by atoms with van der Waals surface area (Å²) >= 11 is 0. The van der Waals surface area contributed by atoms with Gasteiger partial charge in [0.1, 0.15) is 0 Å². The van der Waals surface area contributed by atoms with Gasteiger partial charge in [0.25, 0.3) is 0 Å². The van der Waals surface area contributed by atoms with Gasteiger partial charge in [0.05, 0.1) is 5.92 Å². The van der Waals surface area contributed by atoms with Crippen LogP contribution in [0.1, 0.15) is 56.6 Å². The average molecular weight is 479 g/mol. The molecule has 35 heavy (non-hydrogen) atoms. The second-order valence-corrected chi connectivity index (χ2v) is 9.95. The van der Waals surface area contributed by atoms with Gasteiger partial charge in [-0.1, -0.05) is 38.1 Å². The Hall–Kier alpha value is -3.06. The predicted octanol–water partition coefficient (Wildman–Crippen LogP) is 4.15. The summed E-state index contributed by atoms with van der Waals surface area (Å²) in [6.45, 7) is 6.76. The maximum absolute atomic E-state index is 13.3. The van der Waals surface area contributed by atoms with Crippen LogP contribution >= 0.6 is 0 Å².